The molecule has 29 heavy (non-hydrogen) atoms. The van der Waals surface area contributed by atoms with Gasteiger partial charge >= 0.3 is 0 Å². The van der Waals surface area contributed by atoms with Crippen molar-refractivity contribution in [1.82, 2.24) is 0 Å². The van der Waals surface area contributed by atoms with Crippen molar-refractivity contribution in [3.05, 3.63) is 42.5 Å². The van der Waals surface area contributed by atoms with Gasteiger partial charge in [-0.3, -0.25) is 14.3 Å². The minimum Gasteiger partial charge on any atom is -0.378 e. The van der Waals surface area contributed by atoms with E-state index in [2.05, 4.69) is 20.3 Å². The second-order valence-corrected chi connectivity index (χ2v) is 8.38. The number of carbonyl (C=O) groups is 2. The Balaban J connectivity index is 1.64. The summed E-state index contributed by atoms with van der Waals surface area (Å²) in [6.07, 6.45) is -0.318. The number of amides is 2. The Kier molecular flexibility index (Phi) is 5.12. The predicted octanol–water partition coefficient (Wildman–Crippen LogP) is 1.60. The first kappa shape index (κ1) is 19.2. The molecular formula is C19H20N4O5S. The van der Waals surface area contributed by atoms with Gasteiger partial charge in [0.2, 0.25) is 11.8 Å². The van der Waals surface area contributed by atoms with Gasteiger partial charge < -0.3 is 20.3 Å². The number of hydrogen-bond donors (Lipinski definition) is 3. The third kappa shape index (κ3) is 4.17. The van der Waals surface area contributed by atoms with Gasteiger partial charge in [-0.2, -0.15) is 0 Å². The van der Waals surface area contributed by atoms with Crippen LogP contribution < -0.4 is 20.3 Å². The summed E-state index contributed by atoms with van der Waals surface area (Å²) in [7, 11) is -3.92. The molecule has 9 nitrogen and oxygen atoms in total. The van der Waals surface area contributed by atoms with Crippen LogP contribution in [0.4, 0.5) is 22.7 Å². The van der Waals surface area contributed by atoms with E-state index in [9.17, 15) is 18.0 Å². The fourth-order valence-electron chi connectivity index (χ4n) is 3.28. The first-order valence-electron chi connectivity index (χ1n) is 9.11. The molecule has 2 aliphatic heterocycles. The first-order valence-corrected chi connectivity index (χ1v) is 10.6. The van der Waals surface area contributed by atoms with Crippen LogP contribution in [-0.4, -0.2) is 46.5 Å². The van der Waals surface area contributed by atoms with E-state index in [0.29, 0.717) is 37.7 Å². The Morgan fingerprint density at radius 3 is 2.38 bits per heavy atom. The summed E-state index contributed by atoms with van der Waals surface area (Å²) in [5.41, 5.74) is 1.83. The highest BCUT2D eigenvalue weighted by Crippen LogP contribution is 2.31. The fourth-order valence-corrected chi connectivity index (χ4v) is 4.38. The molecule has 10 heteroatoms. The largest absolute Gasteiger partial charge is 0.378 e. The van der Waals surface area contributed by atoms with Gasteiger partial charge in [0.05, 0.1) is 40.9 Å². The molecule has 0 unspecified atom stereocenters. The van der Waals surface area contributed by atoms with Crippen LogP contribution in [0.1, 0.15) is 6.42 Å². The van der Waals surface area contributed by atoms with Crippen LogP contribution in [0.2, 0.25) is 0 Å². The van der Waals surface area contributed by atoms with Crippen molar-refractivity contribution in [2.24, 2.45) is 0 Å². The summed E-state index contributed by atoms with van der Waals surface area (Å²) in [4.78, 5) is 25.5. The number of sulfonamides is 1. The number of anilines is 4. The summed E-state index contributed by atoms with van der Waals surface area (Å²) in [6.45, 7) is 2.50. The Bertz CT molecular complexity index is 1060. The maximum atomic E-state index is 13.0. The van der Waals surface area contributed by atoms with E-state index in [1.807, 2.05) is 12.1 Å². The zero-order valence-electron chi connectivity index (χ0n) is 15.5. The Labute approximate surface area is 168 Å². The molecule has 0 radical (unpaired) electrons. The van der Waals surface area contributed by atoms with E-state index in [4.69, 9.17) is 4.74 Å². The number of nitrogens with one attached hydrogen (secondary N) is 3. The van der Waals surface area contributed by atoms with Gasteiger partial charge in [-0.05, 0) is 30.3 Å². The van der Waals surface area contributed by atoms with Crippen molar-refractivity contribution in [3.63, 3.8) is 0 Å². The molecule has 2 aliphatic rings. The Hall–Kier alpha value is -3.11. The quantitative estimate of drug-likeness (QED) is 0.652. The van der Waals surface area contributed by atoms with Crippen molar-refractivity contribution in [3.8, 4) is 0 Å². The zero-order valence-corrected chi connectivity index (χ0v) is 16.3. The van der Waals surface area contributed by atoms with E-state index >= 15 is 0 Å². The normalized spacial score (nSPS) is 17.0. The van der Waals surface area contributed by atoms with Crippen LogP contribution in [0.15, 0.2) is 47.4 Å². The molecule has 1 fully saturated rings. The second-order valence-electron chi connectivity index (χ2n) is 6.70. The van der Waals surface area contributed by atoms with Crippen LogP contribution in [0, 0.1) is 0 Å². The zero-order chi connectivity index (χ0) is 20.4. The molecule has 2 aromatic rings. The summed E-state index contributed by atoms with van der Waals surface area (Å²) in [5.74, 6) is -0.948. The smallest absolute Gasteiger partial charge is 0.262 e. The van der Waals surface area contributed by atoms with Crippen LogP contribution in [0.25, 0.3) is 0 Å². The van der Waals surface area contributed by atoms with E-state index in [-0.39, 0.29) is 17.0 Å². The highest BCUT2D eigenvalue weighted by Gasteiger charge is 2.23. The van der Waals surface area contributed by atoms with Gasteiger partial charge in [0.15, 0.2) is 0 Å². The second kappa shape index (κ2) is 7.72. The number of hydrogen-bond acceptors (Lipinski definition) is 6. The van der Waals surface area contributed by atoms with Crippen LogP contribution in [0.5, 0.6) is 0 Å². The number of rotatable bonds is 4. The lowest BCUT2D eigenvalue weighted by Gasteiger charge is -2.30. The molecule has 2 heterocycles. The topological polar surface area (TPSA) is 117 Å². The van der Waals surface area contributed by atoms with E-state index in [1.54, 1.807) is 12.1 Å². The number of fused-ring (bicyclic) bond motifs is 1. The summed E-state index contributed by atoms with van der Waals surface area (Å²) in [5, 5.41) is 5.13. The molecule has 152 valence electrons. The van der Waals surface area contributed by atoms with Gasteiger partial charge in [-0.25, -0.2) is 8.42 Å². The molecule has 4 rings (SSSR count). The molecule has 2 aromatic carbocycles. The van der Waals surface area contributed by atoms with Crippen molar-refractivity contribution in [1.29, 1.82) is 0 Å². The standard InChI is InChI=1S/C19H20N4O5S/c24-18-12-19(25)21-16-11-13(5-6-14(16)20-18)29(26,27)22-15-3-1-2-4-17(15)23-7-9-28-10-8-23/h1-6,11,22H,7-10,12H2,(H,20,24)(H,21,25). The summed E-state index contributed by atoms with van der Waals surface area (Å²) in [6, 6.07) is 11.3. The molecule has 2 amide bonds. The molecule has 0 saturated carbocycles. The third-order valence-electron chi connectivity index (χ3n) is 4.67. The number of para-hydroxylation sites is 2. The van der Waals surface area contributed by atoms with Gasteiger partial charge in [-0.15, -0.1) is 0 Å². The lowest BCUT2D eigenvalue weighted by Crippen LogP contribution is -2.36. The van der Waals surface area contributed by atoms with Crippen molar-refractivity contribution >= 4 is 44.6 Å². The first-order chi connectivity index (χ1) is 13.9. The number of ether oxygens (including phenoxy) is 1. The van der Waals surface area contributed by atoms with Crippen LogP contribution in [-0.2, 0) is 24.3 Å². The minimum atomic E-state index is -3.92. The molecule has 3 N–H and O–H groups in total. The van der Waals surface area contributed by atoms with Gasteiger partial charge in [0, 0.05) is 13.1 Å². The molecule has 0 aromatic heterocycles. The average molecular weight is 416 g/mol. The lowest BCUT2D eigenvalue weighted by atomic mass is 10.2. The number of benzene rings is 2. The number of nitrogens with zero attached hydrogens (tertiary/aromatic N) is 1. The van der Waals surface area contributed by atoms with Gasteiger partial charge in [0.1, 0.15) is 6.42 Å². The number of morpholine rings is 1. The van der Waals surface area contributed by atoms with Crippen molar-refractivity contribution < 1.29 is 22.7 Å². The molecule has 0 atom stereocenters. The third-order valence-corrected chi connectivity index (χ3v) is 6.03. The van der Waals surface area contributed by atoms with Crippen molar-refractivity contribution in [2.45, 2.75) is 11.3 Å². The maximum absolute atomic E-state index is 13.0. The number of carbonyl (C=O) groups excluding carboxylic acids is 2. The Morgan fingerprint density at radius 2 is 1.62 bits per heavy atom. The van der Waals surface area contributed by atoms with Crippen LogP contribution in [0.3, 0.4) is 0 Å². The maximum Gasteiger partial charge on any atom is 0.262 e. The molecule has 1 saturated heterocycles. The Morgan fingerprint density at radius 1 is 0.931 bits per heavy atom. The summed E-state index contributed by atoms with van der Waals surface area (Å²) >= 11 is 0. The average Bonchev–Trinajstić information content (AvgIpc) is 2.84. The monoisotopic (exact) mass is 416 g/mol. The molecular weight excluding hydrogens is 396 g/mol. The van der Waals surface area contributed by atoms with Gasteiger partial charge in [-0.1, -0.05) is 12.1 Å². The molecule has 0 bridgehead atoms. The van der Waals surface area contributed by atoms with E-state index in [0.717, 1.165) is 5.69 Å². The predicted molar refractivity (Wildman–Crippen MR) is 109 cm³/mol. The molecule has 0 aliphatic carbocycles. The van der Waals surface area contributed by atoms with E-state index < -0.39 is 21.8 Å². The highest BCUT2D eigenvalue weighted by atomic mass is 32.2. The SMILES string of the molecule is O=C1CC(=O)Nc2cc(S(=O)(=O)Nc3ccccc3N3CCOCC3)ccc2N1. The highest BCUT2D eigenvalue weighted by molar-refractivity contribution is 7.92. The summed E-state index contributed by atoms with van der Waals surface area (Å²) < 4.78 is 34.0. The van der Waals surface area contributed by atoms with Gasteiger partial charge in [0.25, 0.3) is 10.0 Å². The lowest BCUT2D eigenvalue weighted by molar-refractivity contribution is -0.123. The molecule has 0 spiro atoms. The van der Waals surface area contributed by atoms with Crippen LogP contribution >= 0.6 is 0 Å². The fraction of sp³-hybridized carbons (Fsp3) is 0.263. The van der Waals surface area contributed by atoms with E-state index in [1.165, 1.54) is 18.2 Å². The minimum absolute atomic E-state index is 0.0236. The van der Waals surface area contributed by atoms with Crippen molar-refractivity contribution in [2.75, 3.05) is 46.6 Å².